The van der Waals surface area contributed by atoms with E-state index in [0.717, 1.165) is 9.65 Å². The molecule has 28 heavy (non-hydrogen) atoms. The maximum absolute atomic E-state index is 13.9. The standard InChI is InChI=1S/C19H18ClF2N3O2S/c1-12-6-8-14(9-7-12)28(26,27)25-16-5-3-4-15(20)17(16)18(23-25)24-11-19(21,22)10-13(24)2/h3-9,13H,10-11H2,1-2H3/t13-/m1/s1. The van der Waals surface area contributed by atoms with E-state index in [9.17, 15) is 17.2 Å². The van der Waals surface area contributed by atoms with Crippen molar-refractivity contribution < 1.29 is 17.2 Å². The van der Waals surface area contributed by atoms with Crippen LogP contribution in [0.15, 0.2) is 47.4 Å². The van der Waals surface area contributed by atoms with Crippen molar-refractivity contribution in [2.75, 3.05) is 11.4 Å². The van der Waals surface area contributed by atoms with Gasteiger partial charge in [0.05, 0.1) is 27.4 Å². The molecule has 1 aliphatic rings. The first-order valence-corrected chi connectivity index (χ1v) is 10.6. The van der Waals surface area contributed by atoms with Crippen LogP contribution in [-0.2, 0) is 10.0 Å². The summed E-state index contributed by atoms with van der Waals surface area (Å²) in [7, 11) is -4.02. The monoisotopic (exact) mass is 425 g/mol. The van der Waals surface area contributed by atoms with Gasteiger partial charge in [-0.3, -0.25) is 0 Å². The van der Waals surface area contributed by atoms with Crippen LogP contribution in [0.1, 0.15) is 18.9 Å². The highest BCUT2D eigenvalue weighted by atomic mass is 35.5. The van der Waals surface area contributed by atoms with Gasteiger partial charge in [-0.25, -0.2) is 8.78 Å². The number of fused-ring (bicyclic) bond motifs is 1. The van der Waals surface area contributed by atoms with E-state index in [2.05, 4.69) is 5.10 Å². The first-order chi connectivity index (χ1) is 13.1. The molecule has 1 saturated heterocycles. The van der Waals surface area contributed by atoms with Crippen molar-refractivity contribution in [1.82, 2.24) is 9.19 Å². The van der Waals surface area contributed by atoms with Crippen LogP contribution in [-0.4, -0.2) is 36.1 Å². The third-order valence-electron chi connectivity index (χ3n) is 4.95. The van der Waals surface area contributed by atoms with Crippen molar-refractivity contribution in [2.24, 2.45) is 0 Å². The van der Waals surface area contributed by atoms with E-state index in [1.165, 1.54) is 17.0 Å². The van der Waals surface area contributed by atoms with Gasteiger partial charge >= 0.3 is 0 Å². The number of rotatable bonds is 3. The van der Waals surface area contributed by atoms with E-state index in [1.807, 2.05) is 6.92 Å². The molecule has 0 N–H and O–H groups in total. The summed E-state index contributed by atoms with van der Waals surface area (Å²) in [6.07, 6.45) is -0.323. The predicted octanol–water partition coefficient (Wildman–Crippen LogP) is 4.47. The lowest BCUT2D eigenvalue weighted by Gasteiger charge is -2.20. The Balaban J connectivity index is 1.94. The minimum Gasteiger partial charge on any atom is -0.346 e. The molecule has 0 radical (unpaired) electrons. The molecule has 2 aromatic carbocycles. The van der Waals surface area contributed by atoms with Gasteiger partial charge in [0.25, 0.3) is 15.9 Å². The van der Waals surface area contributed by atoms with Crippen LogP contribution in [0.5, 0.6) is 0 Å². The molecular weight excluding hydrogens is 408 g/mol. The molecule has 5 nitrogen and oxygen atoms in total. The van der Waals surface area contributed by atoms with E-state index >= 15 is 0 Å². The van der Waals surface area contributed by atoms with Crippen molar-refractivity contribution in [1.29, 1.82) is 0 Å². The van der Waals surface area contributed by atoms with Crippen molar-refractivity contribution in [2.45, 2.75) is 37.1 Å². The van der Waals surface area contributed by atoms with Crippen LogP contribution in [0.25, 0.3) is 10.9 Å². The summed E-state index contributed by atoms with van der Waals surface area (Å²) in [5.41, 5.74) is 1.17. The molecular formula is C19H18ClF2N3O2S. The normalized spacial score (nSPS) is 19.5. The quantitative estimate of drug-likeness (QED) is 0.621. The lowest BCUT2D eigenvalue weighted by atomic mass is 10.2. The summed E-state index contributed by atoms with van der Waals surface area (Å²) in [6.45, 7) is 2.99. The van der Waals surface area contributed by atoms with Gasteiger partial charge in [0, 0.05) is 12.5 Å². The van der Waals surface area contributed by atoms with Crippen molar-refractivity contribution in [3.05, 3.63) is 53.1 Å². The molecule has 0 unspecified atom stereocenters. The molecule has 1 atom stereocenters. The molecule has 148 valence electrons. The third kappa shape index (κ3) is 3.04. The maximum Gasteiger partial charge on any atom is 0.283 e. The number of benzene rings is 2. The Hall–Kier alpha value is -2.19. The zero-order valence-electron chi connectivity index (χ0n) is 15.2. The Morgan fingerprint density at radius 3 is 2.46 bits per heavy atom. The minimum atomic E-state index is -4.02. The Labute approximate surface area is 166 Å². The van der Waals surface area contributed by atoms with Gasteiger partial charge in [-0.15, -0.1) is 5.10 Å². The molecule has 0 bridgehead atoms. The fourth-order valence-electron chi connectivity index (χ4n) is 3.57. The Morgan fingerprint density at radius 2 is 1.86 bits per heavy atom. The Bertz CT molecular complexity index is 1160. The number of aryl methyl sites for hydroxylation is 1. The Morgan fingerprint density at radius 1 is 1.18 bits per heavy atom. The number of nitrogens with zero attached hydrogens (tertiary/aromatic N) is 3. The van der Waals surface area contributed by atoms with Crippen LogP contribution in [0.4, 0.5) is 14.6 Å². The molecule has 4 rings (SSSR count). The highest BCUT2D eigenvalue weighted by molar-refractivity contribution is 7.90. The number of halogens is 3. The topological polar surface area (TPSA) is 55.2 Å². The molecule has 0 spiro atoms. The third-order valence-corrected chi connectivity index (χ3v) is 6.87. The Kier molecular flexibility index (Phi) is 4.39. The van der Waals surface area contributed by atoms with Gasteiger partial charge in [-0.05, 0) is 38.1 Å². The second kappa shape index (κ2) is 6.42. The smallest absolute Gasteiger partial charge is 0.283 e. The first-order valence-electron chi connectivity index (χ1n) is 8.74. The van der Waals surface area contributed by atoms with Crippen LogP contribution in [0.3, 0.4) is 0 Å². The van der Waals surface area contributed by atoms with Crippen molar-refractivity contribution in [3.63, 3.8) is 0 Å². The fraction of sp³-hybridized carbons (Fsp3) is 0.316. The number of aromatic nitrogens is 2. The van der Waals surface area contributed by atoms with Gasteiger partial charge in [0.1, 0.15) is 0 Å². The average Bonchev–Trinajstić information content (AvgIpc) is 3.13. The molecule has 1 fully saturated rings. The molecule has 9 heteroatoms. The SMILES string of the molecule is Cc1ccc(S(=O)(=O)n2nc(N3CC(F)(F)C[C@H]3C)c3c(Cl)cccc32)cc1. The first kappa shape index (κ1) is 19.1. The largest absolute Gasteiger partial charge is 0.346 e. The zero-order valence-corrected chi connectivity index (χ0v) is 16.8. The molecule has 1 aromatic heterocycles. The number of hydrogen-bond donors (Lipinski definition) is 0. The van der Waals surface area contributed by atoms with E-state index in [-0.39, 0.29) is 27.7 Å². The molecule has 0 saturated carbocycles. The maximum atomic E-state index is 13.9. The number of hydrogen-bond acceptors (Lipinski definition) is 4. The number of anilines is 1. The lowest BCUT2D eigenvalue weighted by Crippen LogP contribution is -2.29. The number of alkyl halides is 2. The van der Waals surface area contributed by atoms with Crippen LogP contribution >= 0.6 is 11.6 Å². The van der Waals surface area contributed by atoms with E-state index in [4.69, 9.17) is 11.6 Å². The summed E-state index contributed by atoms with van der Waals surface area (Å²) in [4.78, 5) is 1.49. The van der Waals surface area contributed by atoms with Gasteiger partial charge in [-0.2, -0.15) is 12.5 Å². The summed E-state index contributed by atoms with van der Waals surface area (Å²) in [5, 5.41) is 4.87. The molecule has 0 aliphatic carbocycles. The second-order valence-electron chi connectivity index (χ2n) is 7.16. The molecule has 1 aliphatic heterocycles. The predicted molar refractivity (Wildman–Crippen MR) is 105 cm³/mol. The van der Waals surface area contributed by atoms with E-state index in [0.29, 0.717) is 5.39 Å². The second-order valence-corrected chi connectivity index (χ2v) is 9.33. The molecule has 3 aromatic rings. The van der Waals surface area contributed by atoms with Crippen LogP contribution in [0, 0.1) is 6.92 Å². The van der Waals surface area contributed by atoms with Crippen LogP contribution in [0.2, 0.25) is 5.02 Å². The summed E-state index contributed by atoms with van der Waals surface area (Å²) >= 11 is 6.33. The lowest BCUT2D eigenvalue weighted by molar-refractivity contribution is 0.0229. The van der Waals surface area contributed by atoms with Crippen molar-refractivity contribution in [3.8, 4) is 0 Å². The van der Waals surface area contributed by atoms with E-state index in [1.54, 1.807) is 37.3 Å². The summed E-state index contributed by atoms with van der Waals surface area (Å²) in [6, 6.07) is 10.6. The fourth-order valence-corrected chi connectivity index (χ4v) is 5.10. The van der Waals surface area contributed by atoms with E-state index < -0.39 is 28.5 Å². The average molecular weight is 426 g/mol. The minimum absolute atomic E-state index is 0.0637. The van der Waals surface area contributed by atoms with Gasteiger partial charge in [-0.1, -0.05) is 35.4 Å². The van der Waals surface area contributed by atoms with Gasteiger partial charge < -0.3 is 4.90 Å². The van der Waals surface area contributed by atoms with Crippen LogP contribution < -0.4 is 4.90 Å². The highest BCUT2D eigenvalue weighted by Crippen LogP contribution is 2.40. The highest BCUT2D eigenvalue weighted by Gasteiger charge is 2.45. The summed E-state index contributed by atoms with van der Waals surface area (Å²) < 4.78 is 55.2. The summed E-state index contributed by atoms with van der Waals surface area (Å²) in [5.74, 6) is -2.71. The van der Waals surface area contributed by atoms with Gasteiger partial charge in [0.2, 0.25) is 0 Å². The molecule has 2 heterocycles. The zero-order chi connectivity index (χ0) is 20.3. The molecule has 0 amide bonds. The van der Waals surface area contributed by atoms with Crippen molar-refractivity contribution >= 4 is 38.3 Å². The van der Waals surface area contributed by atoms with Gasteiger partial charge in [0.15, 0.2) is 5.82 Å².